The Morgan fingerprint density at radius 2 is 1.65 bits per heavy atom. The number of nitrogens with zero attached hydrogens (tertiary/aromatic N) is 2. The van der Waals surface area contributed by atoms with Gasteiger partial charge >= 0.3 is 0 Å². The lowest BCUT2D eigenvalue weighted by Gasteiger charge is -2.04. The molecule has 0 saturated carbocycles. The number of aromatic nitrogens is 2. The Morgan fingerprint density at radius 3 is 2.30 bits per heavy atom. The molecule has 0 atom stereocenters. The molecule has 0 unspecified atom stereocenters. The van der Waals surface area contributed by atoms with E-state index in [1.165, 1.54) is 0 Å². The summed E-state index contributed by atoms with van der Waals surface area (Å²) in [6.45, 7) is 3.56. The van der Waals surface area contributed by atoms with E-state index in [0.29, 0.717) is 11.1 Å². The van der Waals surface area contributed by atoms with Crippen molar-refractivity contribution in [3.63, 3.8) is 0 Å². The highest BCUT2D eigenvalue weighted by atomic mass is 32.1. The lowest BCUT2D eigenvalue weighted by atomic mass is 10.0. The second-order valence-corrected chi connectivity index (χ2v) is 5.56. The Labute approximate surface area is 121 Å². The smallest absolute Gasteiger partial charge is 0.129 e. The van der Waals surface area contributed by atoms with Gasteiger partial charge in [0.1, 0.15) is 10.8 Å². The minimum atomic E-state index is -0.140. The minimum absolute atomic E-state index is 0.140. The number of hydrogen-bond acceptors (Lipinski definition) is 3. The van der Waals surface area contributed by atoms with Gasteiger partial charge in [-0.05, 0) is 49.2 Å². The Balaban J connectivity index is 2.03. The molecule has 0 aliphatic heterocycles. The predicted molar refractivity (Wildman–Crippen MR) is 80.2 cm³/mol. The van der Waals surface area contributed by atoms with Gasteiger partial charge in [0.2, 0.25) is 0 Å². The predicted octanol–water partition coefficient (Wildman–Crippen LogP) is 4.63. The average molecular weight is 284 g/mol. The van der Waals surface area contributed by atoms with E-state index in [-0.39, 0.29) is 5.82 Å². The SMILES string of the molecule is Cc1cc(-c2csc(-c3ccncc3)n2)cc(C)c1F. The van der Waals surface area contributed by atoms with Crippen LogP contribution in [0.2, 0.25) is 0 Å². The second kappa shape index (κ2) is 5.13. The quantitative estimate of drug-likeness (QED) is 0.685. The summed E-state index contributed by atoms with van der Waals surface area (Å²) in [6.07, 6.45) is 3.51. The van der Waals surface area contributed by atoms with Gasteiger partial charge in [-0.1, -0.05) is 0 Å². The zero-order chi connectivity index (χ0) is 14.1. The molecule has 0 bridgehead atoms. The van der Waals surface area contributed by atoms with Crippen LogP contribution in [0.15, 0.2) is 42.0 Å². The first-order valence-electron chi connectivity index (χ1n) is 6.28. The molecule has 0 aliphatic carbocycles. The van der Waals surface area contributed by atoms with Gasteiger partial charge in [-0.2, -0.15) is 0 Å². The standard InChI is InChI=1S/C16H13FN2S/c1-10-7-13(8-11(2)15(10)17)14-9-20-16(19-14)12-3-5-18-6-4-12/h3-9H,1-2H3. The maximum atomic E-state index is 13.7. The maximum Gasteiger partial charge on any atom is 0.129 e. The molecule has 0 N–H and O–H groups in total. The van der Waals surface area contributed by atoms with Crippen LogP contribution in [0, 0.1) is 19.7 Å². The molecule has 0 saturated heterocycles. The minimum Gasteiger partial charge on any atom is -0.265 e. The largest absolute Gasteiger partial charge is 0.265 e. The molecule has 3 aromatic rings. The lowest BCUT2D eigenvalue weighted by Crippen LogP contribution is -1.90. The van der Waals surface area contributed by atoms with E-state index in [0.717, 1.165) is 21.8 Å². The monoisotopic (exact) mass is 284 g/mol. The molecule has 2 heterocycles. The average Bonchev–Trinajstić information content (AvgIpc) is 2.95. The molecule has 20 heavy (non-hydrogen) atoms. The summed E-state index contributed by atoms with van der Waals surface area (Å²) in [4.78, 5) is 8.63. The molecule has 1 aromatic carbocycles. The van der Waals surface area contributed by atoms with Crippen molar-refractivity contribution in [1.29, 1.82) is 0 Å². The summed E-state index contributed by atoms with van der Waals surface area (Å²) in [5, 5.41) is 2.95. The number of thiazole rings is 1. The summed E-state index contributed by atoms with van der Waals surface area (Å²) in [5.41, 5.74) is 4.19. The van der Waals surface area contributed by atoms with Gasteiger partial charge < -0.3 is 0 Å². The fourth-order valence-electron chi connectivity index (χ4n) is 2.13. The fourth-order valence-corrected chi connectivity index (χ4v) is 2.96. The van der Waals surface area contributed by atoms with Crippen molar-refractivity contribution in [1.82, 2.24) is 9.97 Å². The first-order chi connectivity index (χ1) is 9.65. The molecule has 0 spiro atoms. The maximum absolute atomic E-state index is 13.7. The highest BCUT2D eigenvalue weighted by Crippen LogP contribution is 2.30. The van der Waals surface area contributed by atoms with E-state index in [1.807, 2.05) is 29.6 Å². The number of hydrogen-bond donors (Lipinski definition) is 0. The van der Waals surface area contributed by atoms with Gasteiger partial charge in [0, 0.05) is 28.9 Å². The number of pyridine rings is 1. The van der Waals surface area contributed by atoms with E-state index < -0.39 is 0 Å². The first kappa shape index (κ1) is 12.9. The molecule has 0 amide bonds. The highest BCUT2D eigenvalue weighted by molar-refractivity contribution is 7.13. The summed E-state index contributed by atoms with van der Waals surface area (Å²) in [5.74, 6) is -0.140. The highest BCUT2D eigenvalue weighted by Gasteiger charge is 2.10. The Hall–Kier alpha value is -2.07. The molecular weight excluding hydrogens is 271 g/mol. The third kappa shape index (κ3) is 2.34. The van der Waals surface area contributed by atoms with Crippen molar-refractivity contribution in [2.24, 2.45) is 0 Å². The zero-order valence-corrected chi connectivity index (χ0v) is 12.0. The number of halogens is 1. The van der Waals surface area contributed by atoms with Crippen molar-refractivity contribution in [2.45, 2.75) is 13.8 Å². The van der Waals surface area contributed by atoms with Crippen LogP contribution in [0.25, 0.3) is 21.8 Å². The summed E-state index contributed by atoms with van der Waals surface area (Å²) < 4.78 is 13.7. The fraction of sp³-hybridized carbons (Fsp3) is 0.125. The number of aryl methyl sites for hydroxylation is 2. The van der Waals surface area contributed by atoms with E-state index in [4.69, 9.17) is 0 Å². The van der Waals surface area contributed by atoms with Gasteiger partial charge in [-0.3, -0.25) is 4.98 Å². The normalized spacial score (nSPS) is 10.8. The molecule has 4 heteroatoms. The molecule has 2 nitrogen and oxygen atoms in total. The van der Waals surface area contributed by atoms with Crippen molar-refractivity contribution in [3.05, 3.63) is 59.0 Å². The van der Waals surface area contributed by atoms with Crippen LogP contribution >= 0.6 is 11.3 Å². The Morgan fingerprint density at radius 1 is 1.00 bits per heavy atom. The van der Waals surface area contributed by atoms with Crippen LogP contribution < -0.4 is 0 Å². The Kier molecular flexibility index (Phi) is 3.32. The molecule has 3 rings (SSSR count). The third-order valence-corrected chi connectivity index (χ3v) is 4.06. The second-order valence-electron chi connectivity index (χ2n) is 4.70. The summed E-state index contributed by atoms with van der Waals surface area (Å²) in [7, 11) is 0. The molecule has 2 aromatic heterocycles. The van der Waals surface area contributed by atoms with E-state index in [1.54, 1.807) is 37.6 Å². The van der Waals surface area contributed by atoms with Crippen LogP contribution in [0.1, 0.15) is 11.1 Å². The number of rotatable bonds is 2. The molecule has 0 radical (unpaired) electrons. The number of benzene rings is 1. The van der Waals surface area contributed by atoms with E-state index in [2.05, 4.69) is 9.97 Å². The summed E-state index contributed by atoms with van der Waals surface area (Å²) in [6, 6.07) is 7.55. The third-order valence-electron chi connectivity index (χ3n) is 3.16. The molecule has 0 fully saturated rings. The van der Waals surface area contributed by atoms with Crippen molar-refractivity contribution in [2.75, 3.05) is 0 Å². The summed E-state index contributed by atoms with van der Waals surface area (Å²) >= 11 is 1.58. The van der Waals surface area contributed by atoms with Gasteiger partial charge in [0.15, 0.2) is 0 Å². The van der Waals surface area contributed by atoms with Crippen LogP contribution in [0.5, 0.6) is 0 Å². The van der Waals surface area contributed by atoms with Crippen LogP contribution in [0.4, 0.5) is 4.39 Å². The van der Waals surface area contributed by atoms with Crippen molar-refractivity contribution >= 4 is 11.3 Å². The van der Waals surface area contributed by atoms with Crippen molar-refractivity contribution < 1.29 is 4.39 Å². The first-order valence-corrected chi connectivity index (χ1v) is 7.16. The van der Waals surface area contributed by atoms with Gasteiger partial charge in [0.05, 0.1) is 5.69 Å². The topological polar surface area (TPSA) is 25.8 Å². The zero-order valence-electron chi connectivity index (χ0n) is 11.2. The van der Waals surface area contributed by atoms with Gasteiger partial charge in [-0.15, -0.1) is 11.3 Å². The molecular formula is C16H13FN2S. The van der Waals surface area contributed by atoms with Crippen LogP contribution in [-0.4, -0.2) is 9.97 Å². The van der Waals surface area contributed by atoms with Gasteiger partial charge in [0.25, 0.3) is 0 Å². The van der Waals surface area contributed by atoms with E-state index >= 15 is 0 Å². The molecule has 0 aliphatic rings. The van der Waals surface area contributed by atoms with Crippen LogP contribution in [0.3, 0.4) is 0 Å². The van der Waals surface area contributed by atoms with Gasteiger partial charge in [-0.25, -0.2) is 9.37 Å². The molecule has 100 valence electrons. The lowest BCUT2D eigenvalue weighted by molar-refractivity contribution is 0.609. The van der Waals surface area contributed by atoms with E-state index in [9.17, 15) is 4.39 Å². The van der Waals surface area contributed by atoms with Crippen molar-refractivity contribution in [3.8, 4) is 21.8 Å². The Bertz CT molecular complexity index is 727. The van der Waals surface area contributed by atoms with Crippen LogP contribution in [-0.2, 0) is 0 Å².